The van der Waals surface area contributed by atoms with Gasteiger partial charge in [0, 0.05) is 13.0 Å². The Balaban J connectivity index is 1.70. The van der Waals surface area contributed by atoms with Gasteiger partial charge < -0.3 is 0 Å². The molecule has 0 amide bonds. The van der Waals surface area contributed by atoms with Crippen LogP contribution < -0.4 is 0 Å². The van der Waals surface area contributed by atoms with E-state index in [2.05, 4.69) is 9.97 Å². The molecule has 122 valence electrons. The number of hydrogen-bond acceptors (Lipinski definition) is 4. The number of para-hydroxylation sites is 2. The van der Waals surface area contributed by atoms with Crippen molar-refractivity contribution in [2.24, 2.45) is 0 Å². The summed E-state index contributed by atoms with van der Waals surface area (Å²) in [6, 6.07) is 14.6. The Hall–Kier alpha value is -2.31. The van der Waals surface area contributed by atoms with E-state index in [1.807, 2.05) is 43.3 Å². The summed E-state index contributed by atoms with van der Waals surface area (Å²) in [6.07, 6.45) is 0.582. The smallest absolute Gasteiger partial charge is 0.243 e. The maximum atomic E-state index is 12.8. The van der Waals surface area contributed by atoms with Gasteiger partial charge in [0.1, 0.15) is 0 Å². The van der Waals surface area contributed by atoms with Gasteiger partial charge in [-0.15, -0.1) is 0 Å². The minimum absolute atomic E-state index is 0.267. The molecule has 1 aromatic heterocycles. The number of benzene rings is 2. The van der Waals surface area contributed by atoms with E-state index in [-0.39, 0.29) is 6.54 Å². The van der Waals surface area contributed by atoms with Crippen LogP contribution in [0.15, 0.2) is 53.4 Å². The molecule has 0 saturated carbocycles. The van der Waals surface area contributed by atoms with Gasteiger partial charge in [0.15, 0.2) is 0 Å². The zero-order chi connectivity index (χ0) is 16.7. The number of rotatable bonds is 2. The average molecular weight is 339 g/mol. The molecule has 0 radical (unpaired) electrons. The first-order valence-corrected chi connectivity index (χ1v) is 9.29. The van der Waals surface area contributed by atoms with Crippen molar-refractivity contribution < 1.29 is 8.42 Å². The van der Waals surface area contributed by atoms with Crippen LogP contribution in [0, 0.1) is 6.92 Å². The van der Waals surface area contributed by atoms with Crippen molar-refractivity contribution in [2.75, 3.05) is 6.54 Å². The number of aromatic nitrogens is 2. The predicted molar refractivity (Wildman–Crippen MR) is 92.0 cm³/mol. The lowest BCUT2D eigenvalue weighted by Crippen LogP contribution is -2.36. The van der Waals surface area contributed by atoms with Crippen molar-refractivity contribution in [1.29, 1.82) is 0 Å². The highest BCUT2D eigenvalue weighted by Crippen LogP contribution is 2.24. The van der Waals surface area contributed by atoms with E-state index < -0.39 is 10.0 Å². The summed E-state index contributed by atoms with van der Waals surface area (Å²) in [5.74, 6) is 0. The Morgan fingerprint density at radius 2 is 1.54 bits per heavy atom. The van der Waals surface area contributed by atoms with Crippen LogP contribution in [0.2, 0.25) is 0 Å². The van der Waals surface area contributed by atoms with Crippen LogP contribution >= 0.6 is 0 Å². The van der Waals surface area contributed by atoms with Crippen LogP contribution in [0.5, 0.6) is 0 Å². The summed E-state index contributed by atoms with van der Waals surface area (Å²) in [5.41, 5.74) is 4.33. The van der Waals surface area contributed by atoms with Gasteiger partial charge in [-0.3, -0.25) is 0 Å². The monoisotopic (exact) mass is 339 g/mol. The van der Waals surface area contributed by atoms with Gasteiger partial charge >= 0.3 is 0 Å². The molecule has 2 heterocycles. The first-order chi connectivity index (χ1) is 11.5. The number of nitrogens with zero attached hydrogens (tertiary/aromatic N) is 3. The van der Waals surface area contributed by atoms with Crippen LogP contribution in [0.3, 0.4) is 0 Å². The summed E-state index contributed by atoms with van der Waals surface area (Å²) in [5, 5.41) is 0. The summed E-state index contributed by atoms with van der Waals surface area (Å²) in [6.45, 7) is 2.63. The maximum absolute atomic E-state index is 12.8. The Bertz CT molecular complexity index is 1010. The standard InChI is InChI=1S/C18H17N3O2S/c1-13-6-8-14(9-7-13)24(22,23)21-11-10-17-18(12-21)20-16-5-3-2-4-15(16)19-17/h2-9H,10-12H2,1H3. The normalized spacial score (nSPS) is 15.4. The van der Waals surface area contributed by atoms with Crippen molar-refractivity contribution >= 4 is 21.1 Å². The summed E-state index contributed by atoms with van der Waals surface area (Å²) >= 11 is 0. The van der Waals surface area contributed by atoms with Crippen molar-refractivity contribution in [3.8, 4) is 0 Å². The molecular weight excluding hydrogens is 322 g/mol. The largest absolute Gasteiger partial charge is 0.249 e. The van der Waals surface area contributed by atoms with E-state index in [0.717, 1.165) is 28.0 Å². The fourth-order valence-corrected chi connectivity index (χ4v) is 4.34. The fraction of sp³-hybridized carbons (Fsp3) is 0.222. The highest BCUT2D eigenvalue weighted by molar-refractivity contribution is 7.89. The summed E-state index contributed by atoms with van der Waals surface area (Å²) < 4.78 is 27.2. The lowest BCUT2D eigenvalue weighted by molar-refractivity contribution is 0.383. The Morgan fingerprint density at radius 1 is 0.917 bits per heavy atom. The first-order valence-electron chi connectivity index (χ1n) is 7.85. The predicted octanol–water partition coefficient (Wildman–Crippen LogP) is 2.69. The number of sulfonamides is 1. The number of aryl methyl sites for hydroxylation is 1. The Labute approximate surface area is 141 Å². The van der Waals surface area contributed by atoms with Gasteiger partial charge in [-0.2, -0.15) is 4.31 Å². The molecule has 0 bridgehead atoms. The Kier molecular flexibility index (Phi) is 3.58. The molecule has 2 aromatic carbocycles. The van der Waals surface area contributed by atoms with Gasteiger partial charge in [-0.25, -0.2) is 18.4 Å². The molecule has 3 aromatic rings. The topological polar surface area (TPSA) is 63.2 Å². The van der Waals surface area contributed by atoms with E-state index in [0.29, 0.717) is 17.9 Å². The molecule has 0 unspecified atom stereocenters. The molecule has 5 nitrogen and oxygen atoms in total. The molecule has 1 aliphatic rings. The third-order valence-corrected chi connectivity index (χ3v) is 6.17. The van der Waals surface area contributed by atoms with E-state index in [9.17, 15) is 8.42 Å². The molecule has 0 N–H and O–H groups in total. The van der Waals surface area contributed by atoms with E-state index in [4.69, 9.17) is 0 Å². The molecule has 0 aliphatic carbocycles. The average Bonchev–Trinajstić information content (AvgIpc) is 2.59. The second-order valence-electron chi connectivity index (χ2n) is 6.01. The van der Waals surface area contributed by atoms with Crippen LogP contribution in [0.1, 0.15) is 17.0 Å². The molecule has 0 spiro atoms. The lowest BCUT2D eigenvalue weighted by atomic mass is 10.1. The third kappa shape index (κ3) is 2.57. The summed E-state index contributed by atoms with van der Waals surface area (Å²) in [4.78, 5) is 9.58. The highest BCUT2D eigenvalue weighted by Gasteiger charge is 2.29. The summed E-state index contributed by atoms with van der Waals surface area (Å²) in [7, 11) is -3.51. The van der Waals surface area contributed by atoms with Crippen LogP contribution in [0.25, 0.3) is 11.0 Å². The minimum atomic E-state index is -3.51. The van der Waals surface area contributed by atoms with Crippen LogP contribution in [0.4, 0.5) is 0 Å². The SMILES string of the molecule is Cc1ccc(S(=O)(=O)N2CCc3nc4ccccc4nc3C2)cc1. The van der Waals surface area contributed by atoms with Crippen LogP contribution in [-0.4, -0.2) is 29.2 Å². The lowest BCUT2D eigenvalue weighted by Gasteiger charge is -2.27. The molecule has 0 saturated heterocycles. The molecule has 6 heteroatoms. The quantitative estimate of drug-likeness (QED) is 0.720. The van der Waals surface area contributed by atoms with Crippen LogP contribution in [-0.2, 0) is 23.0 Å². The molecule has 1 aliphatic heterocycles. The number of fused-ring (bicyclic) bond motifs is 2. The minimum Gasteiger partial charge on any atom is -0.249 e. The van der Waals surface area contributed by atoms with Crippen molar-refractivity contribution in [2.45, 2.75) is 24.8 Å². The van der Waals surface area contributed by atoms with Crippen molar-refractivity contribution in [3.05, 3.63) is 65.5 Å². The van der Waals surface area contributed by atoms with Crippen molar-refractivity contribution in [3.63, 3.8) is 0 Å². The zero-order valence-electron chi connectivity index (χ0n) is 13.3. The second-order valence-corrected chi connectivity index (χ2v) is 7.95. The maximum Gasteiger partial charge on any atom is 0.243 e. The zero-order valence-corrected chi connectivity index (χ0v) is 14.1. The first kappa shape index (κ1) is 15.2. The molecule has 24 heavy (non-hydrogen) atoms. The van der Waals surface area contributed by atoms with E-state index in [1.165, 1.54) is 4.31 Å². The molecule has 0 fully saturated rings. The highest BCUT2D eigenvalue weighted by atomic mass is 32.2. The molecule has 4 rings (SSSR count). The second kappa shape index (κ2) is 5.65. The Morgan fingerprint density at radius 3 is 2.21 bits per heavy atom. The van der Waals surface area contributed by atoms with E-state index >= 15 is 0 Å². The van der Waals surface area contributed by atoms with Gasteiger partial charge in [-0.05, 0) is 31.2 Å². The van der Waals surface area contributed by atoms with Crippen molar-refractivity contribution in [1.82, 2.24) is 14.3 Å². The van der Waals surface area contributed by atoms with Gasteiger partial charge in [0.05, 0.1) is 33.9 Å². The molecular formula is C18H17N3O2S. The third-order valence-electron chi connectivity index (χ3n) is 4.31. The molecule has 0 atom stereocenters. The van der Waals surface area contributed by atoms with E-state index in [1.54, 1.807) is 12.1 Å². The van der Waals surface area contributed by atoms with Gasteiger partial charge in [0.2, 0.25) is 10.0 Å². The number of hydrogen-bond donors (Lipinski definition) is 0. The van der Waals surface area contributed by atoms with Gasteiger partial charge in [0.25, 0.3) is 0 Å². The fourth-order valence-electron chi connectivity index (χ4n) is 2.94. The van der Waals surface area contributed by atoms with Gasteiger partial charge in [-0.1, -0.05) is 29.8 Å².